The number of carbonyl (C=O) groups is 8. The van der Waals surface area contributed by atoms with E-state index in [1.165, 1.54) is 66.8 Å². The molecule has 8 aliphatic rings. The van der Waals surface area contributed by atoms with Crippen molar-refractivity contribution < 1.29 is 93.6 Å². The summed E-state index contributed by atoms with van der Waals surface area (Å²) in [6, 6.07) is 14.9. The number of H-pyrrole nitrogens is 1. The second-order valence-corrected chi connectivity index (χ2v) is 43.9. The van der Waals surface area contributed by atoms with Gasteiger partial charge >= 0.3 is 23.9 Å². The molecule has 7 aromatic rings. The van der Waals surface area contributed by atoms with Crippen molar-refractivity contribution in [3.8, 4) is 40.0 Å². The molecular formula is C96H123BrCl2N8O21S3. The maximum absolute atomic E-state index is 14.9. The SMILES string of the molecule is CC[C@@H]1CC1(CC(=O)[C@@H]1C[C@@H](OS(=O)(=O)c2ccc(Br)cc2)CN1C(=O)[C@@H](CC(=O)OC1C[C@@H]2C[C@@H]2C1)C(C)(C)C)C(=O)OC.CC[C@@H]1CC1(CC(=O)[C@@H]1C[C@@H](Oc2cc(-c3csc(NC(C)C)n3)nc3c(Cl)c(OCCOC)ccc23)CN1C(=O)[C@@H](CC(=O)OC1C[C@@H]2C[C@@H]2C1)C(C)(C)C)C(=O)OC.COCCOc1ccc2c(=O)cc(-c3csc(NC(C)C)n3)[nH]c2c1Cl. The number of Topliss-reactive ketones (excluding diaryl/α,β-unsaturated/α-hetero) is 2. The first-order valence-corrected chi connectivity index (χ1v) is 50.1. The zero-order valence-electron chi connectivity index (χ0n) is 77.4. The number of halogens is 3. The molecule has 6 heterocycles. The summed E-state index contributed by atoms with van der Waals surface area (Å²) in [4.78, 5) is 143. The number of esters is 4. The Morgan fingerprint density at radius 1 is 0.565 bits per heavy atom. The second kappa shape index (κ2) is 41.8. The van der Waals surface area contributed by atoms with E-state index < -0.39 is 97.7 Å². The van der Waals surface area contributed by atoms with Crippen molar-refractivity contribution in [2.45, 2.75) is 239 Å². The molecule has 35 heteroatoms. The van der Waals surface area contributed by atoms with Gasteiger partial charge < -0.3 is 68.0 Å². The van der Waals surface area contributed by atoms with Crippen molar-refractivity contribution in [1.82, 2.24) is 29.7 Å². The molecule has 2 aliphatic heterocycles. The predicted molar refractivity (Wildman–Crippen MR) is 503 cm³/mol. The largest absolute Gasteiger partial charge is 0.490 e. The number of amides is 2. The smallest absolute Gasteiger partial charge is 0.312 e. The lowest BCUT2D eigenvalue weighted by molar-refractivity contribution is -0.157. The fourth-order valence-corrected chi connectivity index (χ4v) is 22.8. The number of hydrogen-bond acceptors (Lipinski definition) is 28. The molecule has 16 atom stereocenters. The van der Waals surface area contributed by atoms with Crippen LogP contribution < -0.4 is 30.3 Å². The van der Waals surface area contributed by atoms with Gasteiger partial charge in [-0.2, -0.15) is 8.42 Å². The minimum absolute atomic E-state index is 0.0111. The number of methoxy groups -OCH3 is 4. The average molecular weight is 1970 g/mol. The Bertz CT molecular complexity index is 5530. The van der Waals surface area contributed by atoms with E-state index in [4.69, 9.17) is 80.0 Å². The zero-order valence-corrected chi connectivity index (χ0v) is 82.9. The number of ketones is 2. The van der Waals surface area contributed by atoms with Gasteiger partial charge in [0.1, 0.15) is 64.5 Å². The summed E-state index contributed by atoms with van der Waals surface area (Å²) < 4.78 is 83.2. The van der Waals surface area contributed by atoms with Crippen LogP contribution >= 0.6 is 61.8 Å². The Hall–Kier alpha value is -8.41. The number of nitrogens with one attached hydrogen (secondary N) is 3. The van der Waals surface area contributed by atoms with Crippen LogP contribution in [0.2, 0.25) is 10.0 Å². The van der Waals surface area contributed by atoms with E-state index >= 15 is 0 Å². The molecule has 0 radical (unpaired) electrons. The van der Waals surface area contributed by atoms with E-state index in [0.29, 0.717) is 139 Å². The molecule has 6 aliphatic carbocycles. The van der Waals surface area contributed by atoms with Crippen LogP contribution in [0.5, 0.6) is 17.2 Å². The van der Waals surface area contributed by atoms with Crippen molar-refractivity contribution in [2.75, 3.05) is 78.6 Å². The molecule has 4 aromatic heterocycles. The number of rotatable bonds is 37. The summed E-state index contributed by atoms with van der Waals surface area (Å²) in [5.41, 5.74) is 0.130. The molecule has 6 saturated carbocycles. The van der Waals surface area contributed by atoms with Crippen molar-refractivity contribution >= 4 is 151 Å². The number of thiazole rings is 2. The molecular weight excluding hydrogens is 1850 g/mol. The Balaban J connectivity index is 0.000000180. The Morgan fingerprint density at radius 3 is 1.48 bits per heavy atom. The number of anilines is 2. The highest BCUT2D eigenvalue weighted by Crippen LogP contribution is 2.60. The number of ether oxygens (including phenoxy) is 9. The minimum atomic E-state index is -4.21. The third kappa shape index (κ3) is 23.8. The molecule has 3 aromatic carbocycles. The first-order chi connectivity index (χ1) is 62.1. The van der Waals surface area contributed by atoms with Gasteiger partial charge in [0.05, 0.1) is 121 Å². The number of benzene rings is 3. The zero-order chi connectivity index (χ0) is 94.7. The van der Waals surface area contributed by atoms with E-state index in [1.54, 1.807) is 55.5 Å². The molecule has 8 fully saturated rings. The monoisotopic (exact) mass is 1970 g/mol. The molecule has 0 spiro atoms. The number of aromatic amines is 1. The summed E-state index contributed by atoms with van der Waals surface area (Å²) >= 11 is 19.7. The summed E-state index contributed by atoms with van der Waals surface area (Å²) in [6.45, 7) is 24.9. The van der Waals surface area contributed by atoms with Crippen LogP contribution in [0.3, 0.4) is 0 Å². The molecule has 712 valence electrons. The normalized spacial score (nSPS) is 24.9. The van der Waals surface area contributed by atoms with Crippen molar-refractivity contribution in [2.24, 2.45) is 69.0 Å². The molecule has 15 rings (SSSR count). The van der Waals surface area contributed by atoms with Gasteiger partial charge in [-0.05, 0) is 174 Å². The Kier molecular flexibility index (Phi) is 31.9. The number of aromatic nitrogens is 4. The van der Waals surface area contributed by atoms with Gasteiger partial charge in [-0.25, -0.2) is 15.0 Å². The van der Waals surface area contributed by atoms with Gasteiger partial charge in [0.25, 0.3) is 10.1 Å². The van der Waals surface area contributed by atoms with E-state index in [-0.39, 0.29) is 122 Å². The highest BCUT2D eigenvalue weighted by molar-refractivity contribution is 9.10. The molecule has 29 nitrogen and oxygen atoms in total. The molecule has 2 amide bonds. The number of fused-ring (bicyclic) bond motifs is 4. The first kappa shape index (κ1) is 100. The third-order valence-corrected chi connectivity index (χ3v) is 30.9. The number of hydrogen-bond donors (Lipinski definition) is 3. The molecule has 131 heavy (non-hydrogen) atoms. The van der Waals surface area contributed by atoms with Gasteiger partial charge in [0, 0.05) is 96.7 Å². The van der Waals surface area contributed by atoms with Crippen LogP contribution in [0, 0.1) is 69.0 Å². The summed E-state index contributed by atoms with van der Waals surface area (Å²) in [7, 11) is 1.62. The van der Waals surface area contributed by atoms with E-state index in [9.17, 15) is 51.6 Å². The highest BCUT2D eigenvalue weighted by Gasteiger charge is 2.64. The standard InChI is InChI=1S/C45H59ClN4O9S.C33H44BrNO9S.C18H20ClN3O3S/c1-9-27-20-45(27,42(54)56-8)21-35(51)34-17-29(22-50(34)41(53)31(44(4,5)6)18-38(52)59-28-15-25-14-26(25)16-28)58-37-19-32(33-23-60-43(49-33)47-24(2)3)48-40-30(37)10-11-36(39(40)46)57-13-12-55-7;1-6-21-16-33(21,31(39)42-5)17-28(36)27-14-24(44-45(40,41)25-9-7-22(34)8-10-25)18-35(27)30(38)26(32(2,3)4)15-29(37)43-23-12-19-11-20(19)13-23;1-10(2)20-18-22-13(9-26-18)12-8-14(23)11-4-5-15(25-7-6-24-3)16(19)17(11)21-12/h10-11,19,23-29,31,34H,9,12-18,20-22H2,1-8H3,(H,47,49);7-10,19-21,23-24,26-27H,6,11-18H2,1-5H3;4-5,8-10H,6-7H2,1-3H3,(H,20,22)(H,21,23)/t25-,26+,27-,28?,29-,31-,34+,45?;19-,20+,21-,23?,24-,26-,27+,33?;/m11./s1. The van der Waals surface area contributed by atoms with Crippen LogP contribution in [0.25, 0.3) is 44.6 Å². The lowest BCUT2D eigenvalue weighted by Crippen LogP contribution is -2.48. The molecule has 0 bridgehead atoms. The average Bonchev–Trinajstić information content (AvgIpc) is 1.57. The Labute approximate surface area is 792 Å². The molecule has 2 saturated heterocycles. The van der Waals surface area contributed by atoms with Crippen molar-refractivity contribution in [3.05, 3.63) is 96.2 Å². The van der Waals surface area contributed by atoms with Crippen molar-refractivity contribution in [3.63, 3.8) is 0 Å². The van der Waals surface area contributed by atoms with Gasteiger partial charge in [0.15, 0.2) is 27.3 Å². The lowest BCUT2D eigenvalue weighted by atomic mass is 9.77. The van der Waals surface area contributed by atoms with Crippen LogP contribution in [0.4, 0.5) is 10.3 Å². The maximum Gasteiger partial charge on any atom is 0.312 e. The summed E-state index contributed by atoms with van der Waals surface area (Å²) in [6.07, 6.45) is 6.19. The number of carbonyl (C=O) groups excluding carboxylic acids is 8. The first-order valence-electron chi connectivity index (χ1n) is 45.4. The summed E-state index contributed by atoms with van der Waals surface area (Å²) in [5.74, 6) is -0.684. The van der Waals surface area contributed by atoms with Crippen LogP contribution in [-0.4, -0.2) is 202 Å². The highest BCUT2D eigenvalue weighted by atomic mass is 79.9. The van der Waals surface area contributed by atoms with Crippen LogP contribution in [0.1, 0.15) is 186 Å². The van der Waals surface area contributed by atoms with Gasteiger partial charge in [-0.1, -0.05) is 107 Å². The second-order valence-electron chi connectivity index (χ2n) is 39.0. The van der Waals surface area contributed by atoms with E-state index in [2.05, 4.69) is 36.5 Å². The molecule has 3 N–H and O–H groups in total. The fraction of sp³-hybridized carbons (Fsp3) is 0.604. The topological polar surface area (TPSA) is 365 Å². The van der Waals surface area contributed by atoms with Crippen LogP contribution in [0.15, 0.2) is 85.6 Å². The number of nitrogens with zero attached hydrogens (tertiary/aromatic N) is 5. The van der Waals surface area contributed by atoms with Gasteiger partial charge in [0.2, 0.25) is 11.8 Å². The predicted octanol–water partition coefficient (Wildman–Crippen LogP) is 17.4. The number of likely N-dealkylation sites (tertiary alicyclic amines) is 2. The van der Waals surface area contributed by atoms with Gasteiger partial charge in [-0.3, -0.25) is 47.3 Å². The minimum Gasteiger partial charge on any atom is -0.490 e. The quantitative estimate of drug-likeness (QED) is 0.0141. The van der Waals surface area contributed by atoms with E-state index in [0.717, 1.165) is 42.4 Å². The number of pyridine rings is 2. The lowest BCUT2D eigenvalue weighted by Gasteiger charge is -2.35. The fourth-order valence-electron chi connectivity index (χ4n) is 19.2. The third-order valence-electron chi connectivity index (χ3n) is 26.7. The Morgan fingerprint density at radius 2 is 1.02 bits per heavy atom. The van der Waals surface area contributed by atoms with Crippen molar-refractivity contribution in [1.29, 1.82) is 0 Å². The van der Waals surface area contributed by atoms with E-state index in [1.807, 2.05) is 106 Å². The summed E-state index contributed by atoms with van der Waals surface area (Å²) in [5, 5.41) is 13.7. The molecule has 4 unspecified atom stereocenters. The van der Waals surface area contributed by atoms with Crippen LogP contribution in [-0.2, 0) is 81.1 Å². The van der Waals surface area contributed by atoms with Gasteiger partial charge in [-0.15, -0.1) is 22.7 Å². The maximum atomic E-state index is 14.9.